The Balaban J connectivity index is 2.81. The molecule has 3 heteroatoms. The molecule has 1 saturated carbocycles. The fraction of sp³-hybridized carbons (Fsp3) is 0.786. The predicted molar refractivity (Wildman–Crippen MR) is 67.8 cm³/mol. The van der Waals surface area contributed by atoms with E-state index in [0.29, 0.717) is 12.2 Å². The van der Waals surface area contributed by atoms with Crippen LogP contribution in [0.1, 0.15) is 52.9 Å². The quantitative estimate of drug-likeness (QED) is 0.546. The maximum absolute atomic E-state index is 11.7. The number of hydrogen-bond donors (Lipinski definition) is 0. The summed E-state index contributed by atoms with van der Waals surface area (Å²) >= 11 is 0. The highest BCUT2D eigenvalue weighted by Crippen LogP contribution is 2.37. The molecule has 0 bridgehead atoms. The maximum Gasteiger partial charge on any atom is 0.333 e. The molecule has 1 rings (SSSR count). The number of rotatable bonds is 5. The largest absolute Gasteiger partial charge is 0.453 e. The summed E-state index contributed by atoms with van der Waals surface area (Å²) in [5, 5.41) is 0. The summed E-state index contributed by atoms with van der Waals surface area (Å²) in [4.78, 5) is 11.7. The van der Waals surface area contributed by atoms with Gasteiger partial charge in [0.15, 0.2) is 0 Å². The minimum Gasteiger partial charge on any atom is -0.453 e. The second kappa shape index (κ2) is 6.20. The molecule has 1 aliphatic rings. The SMILES string of the molecule is C=C(C)C(=O)OC1(CC)CCCCC1OCC. The molecule has 3 nitrogen and oxygen atoms in total. The molecular formula is C14H24O3. The number of esters is 1. The highest BCUT2D eigenvalue weighted by Gasteiger charge is 2.43. The van der Waals surface area contributed by atoms with Crippen molar-refractivity contribution in [1.29, 1.82) is 0 Å². The number of carbonyl (C=O) groups is 1. The Morgan fingerprint density at radius 1 is 1.41 bits per heavy atom. The third-order valence-corrected chi connectivity index (χ3v) is 3.51. The van der Waals surface area contributed by atoms with Crippen molar-refractivity contribution in [3.63, 3.8) is 0 Å². The molecule has 0 aromatic rings. The van der Waals surface area contributed by atoms with Crippen LogP contribution in [0.3, 0.4) is 0 Å². The van der Waals surface area contributed by atoms with E-state index in [-0.39, 0.29) is 12.1 Å². The van der Waals surface area contributed by atoms with Gasteiger partial charge < -0.3 is 9.47 Å². The summed E-state index contributed by atoms with van der Waals surface area (Å²) < 4.78 is 11.5. The van der Waals surface area contributed by atoms with Crippen molar-refractivity contribution >= 4 is 5.97 Å². The first kappa shape index (κ1) is 14.2. The van der Waals surface area contributed by atoms with Crippen LogP contribution in [0.4, 0.5) is 0 Å². The van der Waals surface area contributed by atoms with Gasteiger partial charge in [0.25, 0.3) is 0 Å². The highest BCUT2D eigenvalue weighted by atomic mass is 16.6. The van der Waals surface area contributed by atoms with Crippen LogP contribution in [0, 0.1) is 0 Å². The second-order valence-electron chi connectivity index (χ2n) is 4.78. The summed E-state index contributed by atoms with van der Waals surface area (Å²) in [5.41, 5.74) is 0.0169. The summed E-state index contributed by atoms with van der Waals surface area (Å²) in [6.45, 7) is 10.0. The van der Waals surface area contributed by atoms with Gasteiger partial charge >= 0.3 is 5.97 Å². The van der Waals surface area contributed by atoms with E-state index in [1.165, 1.54) is 0 Å². The van der Waals surface area contributed by atoms with Crippen molar-refractivity contribution in [3.05, 3.63) is 12.2 Å². The number of carbonyl (C=O) groups excluding carboxylic acids is 1. The molecule has 98 valence electrons. The standard InChI is InChI=1S/C14H24O3/c1-5-14(17-13(15)11(3)4)10-8-7-9-12(14)16-6-2/h12H,3,5-10H2,1-2,4H3. The van der Waals surface area contributed by atoms with Gasteiger partial charge in [-0.3, -0.25) is 0 Å². The second-order valence-corrected chi connectivity index (χ2v) is 4.78. The zero-order valence-corrected chi connectivity index (χ0v) is 11.3. The Morgan fingerprint density at radius 2 is 2.12 bits per heavy atom. The topological polar surface area (TPSA) is 35.5 Å². The van der Waals surface area contributed by atoms with Crippen LogP contribution >= 0.6 is 0 Å². The maximum atomic E-state index is 11.7. The van der Waals surface area contributed by atoms with Crippen molar-refractivity contribution < 1.29 is 14.3 Å². The first-order valence-electron chi connectivity index (χ1n) is 6.56. The lowest BCUT2D eigenvalue weighted by atomic mass is 9.80. The fourth-order valence-corrected chi connectivity index (χ4v) is 2.48. The molecule has 0 aromatic carbocycles. The Labute approximate surface area is 104 Å². The van der Waals surface area contributed by atoms with Crippen LogP contribution < -0.4 is 0 Å². The van der Waals surface area contributed by atoms with E-state index < -0.39 is 5.60 Å². The zero-order valence-electron chi connectivity index (χ0n) is 11.3. The van der Waals surface area contributed by atoms with Crippen molar-refractivity contribution in [1.82, 2.24) is 0 Å². The monoisotopic (exact) mass is 240 g/mol. The molecule has 0 heterocycles. The predicted octanol–water partition coefficient (Wildman–Crippen LogP) is 3.23. The van der Waals surface area contributed by atoms with Gasteiger partial charge in [-0.2, -0.15) is 0 Å². The molecule has 1 aliphatic carbocycles. The smallest absolute Gasteiger partial charge is 0.333 e. The van der Waals surface area contributed by atoms with Crippen molar-refractivity contribution in [2.24, 2.45) is 0 Å². The van der Waals surface area contributed by atoms with Crippen LogP contribution in [0.25, 0.3) is 0 Å². The zero-order chi connectivity index (χ0) is 12.9. The molecule has 1 fully saturated rings. The molecule has 2 unspecified atom stereocenters. The third-order valence-electron chi connectivity index (χ3n) is 3.51. The molecule has 0 aromatic heterocycles. The van der Waals surface area contributed by atoms with Gasteiger partial charge in [0.2, 0.25) is 0 Å². The number of hydrogen-bond acceptors (Lipinski definition) is 3. The lowest BCUT2D eigenvalue weighted by molar-refractivity contribution is -0.183. The van der Waals surface area contributed by atoms with Gasteiger partial charge in [0.05, 0.1) is 6.10 Å². The fourth-order valence-electron chi connectivity index (χ4n) is 2.48. The van der Waals surface area contributed by atoms with Crippen molar-refractivity contribution in [2.45, 2.75) is 64.6 Å². The molecule has 0 spiro atoms. The summed E-state index contributed by atoms with van der Waals surface area (Å²) in [7, 11) is 0. The highest BCUT2D eigenvalue weighted by molar-refractivity contribution is 5.87. The summed E-state index contributed by atoms with van der Waals surface area (Å²) in [6, 6.07) is 0. The average molecular weight is 240 g/mol. The van der Waals surface area contributed by atoms with Gasteiger partial charge in [-0.15, -0.1) is 0 Å². The molecule has 17 heavy (non-hydrogen) atoms. The van der Waals surface area contributed by atoms with Crippen molar-refractivity contribution in [2.75, 3.05) is 6.61 Å². The Morgan fingerprint density at radius 3 is 2.65 bits per heavy atom. The van der Waals surface area contributed by atoms with E-state index in [9.17, 15) is 4.79 Å². The lowest BCUT2D eigenvalue weighted by Crippen LogP contribution is -2.49. The van der Waals surface area contributed by atoms with Gasteiger partial charge in [-0.05, 0) is 39.5 Å². The summed E-state index contributed by atoms with van der Waals surface area (Å²) in [6.07, 6.45) is 4.96. The van der Waals surface area contributed by atoms with Crippen LogP contribution in [0.15, 0.2) is 12.2 Å². The van der Waals surface area contributed by atoms with Gasteiger partial charge in [0.1, 0.15) is 5.60 Å². The van der Waals surface area contributed by atoms with E-state index >= 15 is 0 Å². The summed E-state index contributed by atoms with van der Waals surface area (Å²) in [5.74, 6) is -0.293. The van der Waals surface area contributed by atoms with E-state index in [2.05, 4.69) is 13.5 Å². The van der Waals surface area contributed by atoms with Crippen LogP contribution in [0.5, 0.6) is 0 Å². The van der Waals surface area contributed by atoms with E-state index in [1.54, 1.807) is 6.92 Å². The first-order chi connectivity index (χ1) is 8.05. The van der Waals surface area contributed by atoms with Crippen LogP contribution in [0.2, 0.25) is 0 Å². The first-order valence-corrected chi connectivity index (χ1v) is 6.56. The van der Waals surface area contributed by atoms with E-state index in [0.717, 1.165) is 32.1 Å². The molecule has 0 N–H and O–H groups in total. The minimum atomic E-state index is -0.440. The van der Waals surface area contributed by atoms with Gasteiger partial charge in [-0.1, -0.05) is 19.9 Å². The van der Waals surface area contributed by atoms with E-state index in [1.807, 2.05) is 6.92 Å². The lowest BCUT2D eigenvalue weighted by Gasteiger charge is -2.42. The Kier molecular flexibility index (Phi) is 5.19. The van der Waals surface area contributed by atoms with E-state index in [4.69, 9.17) is 9.47 Å². The normalized spacial score (nSPS) is 28.8. The van der Waals surface area contributed by atoms with Gasteiger partial charge in [-0.25, -0.2) is 4.79 Å². The molecule has 0 radical (unpaired) electrons. The van der Waals surface area contributed by atoms with Crippen LogP contribution in [-0.4, -0.2) is 24.3 Å². The third kappa shape index (κ3) is 3.32. The molecule has 0 aliphatic heterocycles. The molecule has 2 atom stereocenters. The van der Waals surface area contributed by atoms with Gasteiger partial charge in [0, 0.05) is 12.2 Å². The Bertz CT molecular complexity index is 283. The molecule has 0 amide bonds. The van der Waals surface area contributed by atoms with Crippen molar-refractivity contribution in [3.8, 4) is 0 Å². The molecular weight excluding hydrogens is 216 g/mol. The number of ether oxygens (including phenoxy) is 2. The minimum absolute atomic E-state index is 0.0366. The van der Waals surface area contributed by atoms with Crippen LogP contribution in [-0.2, 0) is 14.3 Å². The average Bonchev–Trinajstić information content (AvgIpc) is 2.31. The Hall–Kier alpha value is -0.830. The molecule has 0 saturated heterocycles.